The summed E-state index contributed by atoms with van der Waals surface area (Å²) in [6.45, 7) is 3.36. The summed E-state index contributed by atoms with van der Waals surface area (Å²) in [5.74, 6) is 2.03. The van der Waals surface area contributed by atoms with Crippen LogP contribution in [0.1, 0.15) is 36.9 Å². The van der Waals surface area contributed by atoms with E-state index in [9.17, 15) is 4.79 Å². The monoisotopic (exact) mass is 384 g/mol. The lowest BCUT2D eigenvalue weighted by Gasteiger charge is -2.09. The lowest BCUT2D eigenvalue weighted by atomic mass is 10.1. The van der Waals surface area contributed by atoms with Gasteiger partial charge >= 0.3 is 0 Å². The normalized spacial score (nSPS) is 10.9. The van der Waals surface area contributed by atoms with Gasteiger partial charge in [-0.15, -0.1) is 10.2 Å². The van der Waals surface area contributed by atoms with Crippen LogP contribution in [0.3, 0.4) is 0 Å². The summed E-state index contributed by atoms with van der Waals surface area (Å²) in [6.07, 6.45) is 4.39. The van der Waals surface area contributed by atoms with E-state index in [1.165, 1.54) is 17.3 Å². The minimum atomic E-state index is 0.0191. The first-order chi connectivity index (χ1) is 13.3. The summed E-state index contributed by atoms with van der Waals surface area (Å²) in [5.41, 5.74) is 1.17. The molecule has 142 valence electrons. The molecular formula is C20H24N4O2S. The van der Waals surface area contributed by atoms with Gasteiger partial charge in [-0.25, -0.2) is 0 Å². The maximum Gasteiger partial charge on any atom is 0.230 e. The predicted molar refractivity (Wildman–Crippen MR) is 106 cm³/mol. The number of rotatable bonds is 10. The molecule has 27 heavy (non-hydrogen) atoms. The zero-order valence-corrected chi connectivity index (χ0v) is 16.2. The fraction of sp³-hybridized carbons (Fsp3) is 0.350. The summed E-state index contributed by atoms with van der Waals surface area (Å²) >= 11 is 1.40. The zero-order valence-electron chi connectivity index (χ0n) is 15.4. The van der Waals surface area contributed by atoms with Gasteiger partial charge in [-0.05, 0) is 24.1 Å². The van der Waals surface area contributed by atoms with Crippen LogP contribution >= 0.6 is 11.8 Å². The molecule has 2 aromatic heterocycles. The third-order valence-corrected chi connectivity index (χ3v) is 5.04. The van der Waals surface area contributed by atoms with E-state index in [1.807, 2.05) is 34.9 Å². The van der Waals surface area contributed by atoms with Gasteiger partial charge in [0.25, 0.3) is 0 Å². The summed E-state index contributed by atoms with van der Waals surface area (Å²) in [4.78, 5) is 12.0. The zero-order chi connectivity index (χ0) is 18.9. The molecule has 0 bridgehead atoms. The Kier molecular flexibility index (Phi) is 7.10. The number of nitrogens with one attached hydrogen (secondary N) is 1. The Hall–Kier alpha value is -2.54. The van der Waals surface area contributed by atoms with E-state index in [0.717, 1.165) is 29.6 Å². The molecule has 3 rings (SSSR count). The Morgan fingerprint density at radius 1 is 1.19 bits per heavy atom. The average molecular weight is 385 g/mol. The van der Waals surface area contributed by atoms with Crippen molar-refractivity contribution >= 4 is 17.7 Å². The predicted octanol–water partition coefficient (Wildman–Crippen LogP) is 3.52. The Morgan fingerprint density at radius 3 is 2.78 bits per heavy atom. The summed E-state index contributed by atoms with van der Waals surface area (Å²) in [5, 5.41) is 12.3. The molecule has 0 radical (unpaired) electrons. The van der Waals surface area contributed by atoms with E-state index in [2.05, 4.69) is 34.6 Å². The second kappa shape index (κ2) is 9.97. The van der Waals surface area contributed by atoms with Crippen molar-refractivity contribution in [2.24, 2.45) is 0 Å². The topological polar surface area (TPSA) is 73.0 Å². The van der Waals surface area contributed by atoms with Crippen LogP contribution in [-0.4, -0.2) is 33.0 Å². The van der Waals surface area contributed by atoms with Crippen LogP contribution in [-0.2, 0) is 17.8 Å². The molecule has 0 aliphatic carbocycles. The number of thioether (sulfide) groups is 1. The van der Waals surface area contributed by atoms with Crippen LogP contribution in [0.15, 0.2) is 58.3 Å². The van der Waals surface area contributed by atoms with Crippen LogP contribution < -0.4 is 5.32 Å². The molecule has 0 unspecified atom stereocenters. The van der Waals surface area contributed by atoms with Gasteiger partial charge in [-0.1, -0.05) is 55.4 Å². The number of unbranched alkanes of at least 4 members (excludes halogenated alkanes) is 1. The van der Waals surface area contributed by atoms with E-state index >= 15 is 0 Å². The van der Waals surface area contributed by atoms with E-state index in [4.69, 9.17) is 4.42 Å². The number of carbonyl (C=O) groups excluding carboxylic acids is 1. The number of nitrogens with zero attached hydrogens (tertiary/aromatic N) is 3. The minimum absolute atomic E-state index is 0.0191. The largest absolute Gasteiger partial charge is 0.467 e. The molecule has 0 saturated heterocycles. The van der Waals surface area contributed by atoms with E-state index in [1.54, 1.807) is 6.26 Å². The van der Waals surface area contributed by atoms with Crippen molar-refractivity contribution in [3.8, 4) is 0 Å². The lowest BCUT2D eigenvalue weighted by Crippen LogP contribution is -2.26. The molecular weight excluding hydrogens is 360 g/mol. The van der Waals surface area contributed by atoms with Crippen LogP contribution in [0.2, 0.25) is 0 Å². The summed E-state index contributed by atoms with van der Waals surface area (Å²) in [7, 11) is 0. The van der Waals surface area contributed by atoms with Gasteiger partial charge in [-0.2, -0.15) is 0 Å². The molecule has 0 fully saturated rings. The molecule has 1 aromatic carbocycles. The van der Waals surface area contributed by atoms with E-state index in [0.29, 0.717) is 25.3 Å². The van der Waals surface area contributed by atoms with Gasteiger partial charge < -0.3 is 9.73 Å². The first kappa shape index (κ1) is 19.2. The van der Waals surface area contributed by atoms with Crippen LogP contribution in [0, 0.1) is 0 Å². The van der Waals surface area contributed by atoms with Crippen LogP contribution in [0.4, 0.5) is 0 Å². The molecule has 1 N–H and O–H groups in total. The summed E-state index contributed by atoms with van der Waals surface area (Å²) in [6, 6.07) is 14.0. The molecule has 1 amide bonds. The molecule has 0 aliphatic heterocycles. The standard InChI is InChI=1S/C20H24N4O2S/c1-2-3-11-21-19(25)15-27-20-23-22-18(13-16-8-5-4-6-9-16)24(20)14-17-10-7-12-26-17/h4-10,12H,2-3,11,13-15H2,1H3,(H,21,25). The highest BCUT2D eigenvalue weighted by Gasteiger charge is 2.16. The van der Waals surface area contributed by atoms with Gasteiger partial charge in [0, 0.05) is 13.0 Å². The van der Waals surface area contributed by atoms with Crippen molar-refractivity contribution < 1.29 is 9.21 Å². The van der Waals surface area contributed by atoms with Gasteiger partial charge in [0.2, 0.25) is 5.91 Å². The first-order valence-corrected chi connectivity index (χ1v) is 10.1. The molecule has 0 saturated carbocycles. The molecule has 0 aliphatic rings. The fourth-order valence-corrected chi connectivity index (χ4v) is 3.42. The number of carbonyl (C=O) groups is 1. The van der Waals surface area contributed by atoms with Crippen LogP contribution in [0.25, 0.3) is 0 Å². The Labute approximate surface area is 163 Å². The van der Waals surface area contributed by atoms with Crippen molar-refractivity contribution in [1.29, 1.82) is 0 Å². The smallest absolute Gasteiger partial charge is 0.230 e. The highest BCUT2D eigenvalue weighted by Crippen LogP contribution is 2.20. The number of benzene rings is 1. The van der Waals surface area contributed by atoms with E-state index < -0.39 is 0 Å². The quantitative estimate of drug-likeness (QED) is 0.428. The Bertz CT molecular complexity index is 831. The number of aromatic nitrogens is 3. The second-order valence-corrected chi connectivity index (χ2v) is 7.16. The molecule has 2 heterocycles. The second-order valence-electron chi connectivity index (χ2n) is 6.22. The SMILES string of the molecule is CCCCNC(=O)CSc1nnc(Cc2ccccc2)n1Cc1ccco1. The van der Waals surface area contributed by atoms with Crippen molar-refractivity contribution in [1.82, 2.24) is 20.1 Å². The fourth-order valence-electron chi connectivity index (χ4n) is 2.64. The number of amides is 1. The van der Waals surface area contributed by atoms with Crippen molar-refractivity contribution in [2.75, 3.05) is 12.3 Å². The maximum absolute atomic E-state index is 12.0. The molecule has 0 spiro atoms. The number of furan rings is 1. The third kappa shape index (κ3) is 5.72. The van der Waals surface area contributed by atoms with Gasteiger partial charge in [0.05, 0.1) is 18.6 Å². The van der Waals surface area contributed by atoms with Gasteiger partial charge in [-0.3, -0.25) is 9.36 Å². The molecule has 7 heteroatoms. The third-order valence-electron chi connectivity index (χ3n) is 4.08. The van der Waals surface area contributed by atoms with Crippen LogP contribution in [0.5, 0.6) is 0 Å². The highest BCUT2D eigenvalue weighted by atomic mass is 32.2. The van der Waals surface area contributed by atoms with Gasteiger partial charge in [0.1, 0.15) is 11.6 Å². The average Bonchev–Trinajstić information content (AvgIpc) is 3.32. The van der Waals surface area contributed by atoms with Crippen molar-refractivity contribution in [3.05, 3.63) is 65.9 Å². The molecule has 6 nitrogen and oxygen atoms in total. The molecule has 3 aromatic rings. The maximum atomic E-state index is 12.0. The Morgan fingerprint density at radius 2 is 2.04 bits per heavy atom. The number of hydrogen-bond donors (Lipinski definition) is 1. The highest BCUT2D eigenvalue weighted by molar-refractivity contribution is 7.99. The Balaban J connectivity index is 1.71. The number of hydrogen-bond acceptors (Lipinski definition) is 5. The van der Waals surface area contributed by atoms with Crippen molar-refractivity contribution in [2.45, 2.75) is 37.9 Å². The van der Waals surface area contributed by atoms with Gasteiger partial charge in [0.15, 0.2) is 5.16 Å². The van der Waals surface area contributed by atoms with E-state index in [-0.39, 0.29) is 5.91 Å². The lowest BCUT2D eigenvalue weighted by molar-refractivity contribution is -0.118. The summed E-state index contributed by atoms with van der Waals surface area (Å²) < 4.78 is 7.52. The first-order valence-electron chi connectivity index (χ1n) is 9.14. The molecule has 0 atom stereocenters. The van der Waals surface area contributed by atoms with Crippen molar-refractivity contribution in [3.63, 3.8) is 0 Å². The minimum Gasteiger partial charge on any atom is -0.467 e.